The summed E-state index contributed by atoms with van der Waals surface area (Å²) in [4.78, 5) is 27.8. The van der Waals surface area contributed by atoms with Crippen molar-refractivity contribution in [2.45, 2.75) is 17.6 Å². The minimum absolute atomic E-state index is 0.0764. The van der Waals surface area contributed by atoms with Gasteiger partial charge in [-0.2, -0.15) is 0 Å². The monoisotopic (exact) mass is 327 g/mol. The fraction of sp³-hybridized carbons (Fsp3) is 0.125. The Labute approximate surface area is 136 Å². The van der Waals surface area contributed by atoms with Gasteiger partial charge in [-0.3, -0.25) is 19.3 Å². The van der Waals surface area contributed by atoms with Crippen molar-refractivity contribution in [2.24, 2.45) is 0 Å². The number of nitro groups is 1. The van der Waals surface area contributed by atoms with Crippen LogP contribution in [0.4, 0.5) is 5.69 Å². The summed E-state index contributed by atoms with van der Waals surface area (Å²) in [5.41, 5.74) is 1.91. The number of aryl methyl sites for hydroxylation is 1. The molecular weight excluding hydrogens is 314 g/mol. The Bertz CT molecular complexity index is 953. The molecule has 0 spiro atoms. The first-order chi connectivity index (χ1) is 11.0. The summed E-state index contributed by atoms with van der Waals surface area (Å²) in [6, 6.07) is 11.9. The van der Waals surface area contributed by atoms with Gasteiger partial charge in [-0.1, -0.05) is 12.1 Å². The summed E-state index contributed by atoms with van der Waals surface area (Å²) < 4.78 is 1.46. The standard InChI is InChI=1S/C16H13N3O3S/c1-11-5-6-14(13(8-11)19(21)22)23-10-12-9-16(20)18-7-3-2-4-15(18)17-12/h2-9H,10H2,1H3. The third-order valence-electron chi connectivity index (χ3n) is 3.31. The van der Waals surface area contributed by atoms with Crippen LogP contribution in [-0.2, 0) is 5.75 Å². The number of hydrogen-bond donors (Lipinski definition) is 0. The predicted molar refractivity (Wildman–Crippen MR) is 88.9 cm³/mol. The van der Waals surface area contributed by atoms with Gasteiger partial charge in [0.2, 0.25) is 0 Å². The Morgan fingerprint density at radius 1 is 1.26 bits per heavy atom. The topological polar surface area (TPSA) is 77.5 Å². The maximum absolute atomic E-state index is 12.0. The Balaban J connectivity index is 1.90. The quantitative estimate of drug-likeness (QED) is 0.418. The normalized spacial score (nSPS) is 10.8. The van der Waals surface area contributed by atoms with Crippen molar-refractivity contribution in [3.05, 3.63) is 80.4 Å². The minimum Gasteiger partial charge on any atom is -0.269 e. The highest BCUT2D eigenvalue weighted by Gasteiger charge is 2.14. The molecule has 0 amide bonds. The fourth-order valence-corrected chi connectivity index (χ4v) is 3.12. The molecule has 1 aromatic carbocycles. The molecule has 2 aromatic heterocycles. The van der Waals surface area contributed by atoms with E-state index in [0.717, 1.165) is 5.56 Å². The Morgan fingerprint density at radius 3 is 2.87 bits per heavy atom. The molecule has 0 N–H and O–H groups in total. The minimum atomic E-state index is -0.391. The number of nitro benzene ring substituents is 1. The molecule has 0 fully saturated rings. The largest absolute Gasteiger partial charge is 0.283 e. The third kappa shape index (κ3) is 3.24. The Morgan fingerprint density at radius 2 is 2.09 bits per heavy atom. The number of benzene rings is 1. The van der Waals surface area contributed by atoms with E-state index in [1.54, 1.807) is 30.5 Å². The average Bonchev–Trinajstić information content (AvgIpc) is 2.53. The lowest BCUT2D eigenvalue weighted by Crippen LogP contribution is -2.14. The van der Waals surface area contributed by atoms with Gasteiger partial charge in [-0.25, -0.2) is 4.98 Å². The first-order valence-electron chi connectivity index (χ1n) is 6.90. The molecule has 0 aliphatic heterocycles. The first-order valence-corrected chi connectivity index (χ1v) is 7.88. The molecule has 7 heteroatoms. The van der Waals surface area contributed by atoms with E-state index in [4.69, 9.17) is 0 Å². The van der Waals surface area contributed by atoms with Crippen LogP contribution < -0.4 is 5.56 Å². The molecule has 3 aromatic rings. The molecule has 0 bridgehead atoms. The van der Waals surface area contributed by atoms with Gasteiger partial charge in [-0.15, -0.1) is 11.8 Å². The van der Waals surface area contributed by atoms with Gasteiger partial charge in [0.05, 0.1) is 15.5 Å². The van der Waals surface area contributed by atoms with E-state index >= 15 is 0 Å². The summed E-state index contributed by atoms with van der Waals surface area (Å²) in [7, 11) is 0. The van der Waals surface area contributed by atoms with Crippen LogP contribution in [0.25, 0.3) is 5.65 Å². The summed E-state index contributed by atoms with van der Waals surface area (Å²) in [6.07, 6.45) is 1.66. The third-order valence-corrected chi connectivity index (χ3v) is 4.41. The summed E-state index contributed by atoms with van der Waals surface area (Å²) >= 11 is 1.30. The van der Waals surface area contributed by atoms with Gasteiger partial charge in [-0.05, 0) is 30.7 Å². The zero-order valence-corrected chi connectivity index (χ0v) is 13.1. The maximum Gasteiger partial charge on any atom is 0.283 e. The van der Waals surface area contributed by atoms with E-state index < -0.39 is 4.92 Å². The molecule has 0 aliphatic carbocycles. The van der Waals surface area contributed by atoms with Crippen molar-refractivity contribution in [3.63, 3.8) is 0 Å². The van der Waals surface area contributed by atoms with Crippen LogP contribution in [0.2, 0.25) is 0 Å². The number of aromatic nitrogens is 2. The SMILES string of the molecule is Cc1ccc(SCc2cc(=O)n3ccccc3n2)c([N+](=O)[O-])c1. The van der Waals surface area contributed by atoms with Gasteiger partial charge in [0, 0.05) is 24.1 Å². The number of hydrogen-bond acceptors (Lipinski definition) is 5. The maximum atomic E-state index is 12.0. The summed E-state index contributed by atoms with van der Waals surface area (Å²) in [5, 5.41) is 11.1. The Hall–Kier alpha value is -2.67. The van der Waals surface area contributed by atoms with Crippen LogP contribution in [0, 0.1) is 17.0 Å². The number of fused-ring (bicyclic) bond motifs is 1. The second-order valence-electron chi connectivity index (χ2n) is 5.03. The van der Waals surface area contributed by atoms with Gasteiger partial charge in [0.25, 0.3) is 11.2 Å². The number of pyridine rings is 1. The lowest BCUT2D eigenvalue weighted by atomic mass is 10.2. The molecule has 0 radical (unpaired) electrons. The molecule has 0 saturated heterocycles. The van der Waals surface area contributed by atoms with Gasteiger partial charge >= 0.3 is 0 Å². The van der Waals surface area contributed by atoms with Crippen LogP contribution in [0.15, 0.2) is 58.4 Å². The lowest BCUT2D eigenvalue weighted by molar-refractivity contribution is -0.387. The number of nitrogens with zero attached hydrogens (tertiary/aromatic N) is 3. The van der Waals surface area contributed by atoms with E-state index in [-0.39, 0.29) is 11.2 Å². The second-order valence-corrected chi connectivity index (χ2v) is 6.05. The van der Waals surface area contributed by atoms with E-state index in [9.17, 15) is 14.9 Å². The van der Waals surface area contributed by atoms with E-state index in [1.807, 2.05) is 19.1 Å². The molecule has 0 unspecified atom stereocenters. The average molecular weight is 327 g/mol. The molecule has 0 saturated carbocycles. The molecule has 0 atom stereocenters. The molecular formula is C16H13N3O3S. The van der Waals surface area contributed by atoms with Crippen molar-refractivity contribution >= 4 is 23.1 Å². The van der Waals surface area contributed by atoms with Crippen LogP contribution in [0.5, 0.6) is 0 Å². The van der Waals surface area contributed by atoms with Crippen molar-refractivity contribution in [2.75, 3.05) is 0 Å². The van der Waals surface area contributed by atoms with Crippen LogP contribution in [-0.4, -0.2) is 14.3 Å². The molecule has 3 rings (SSSR count). The Kier molecular flexibility index (Phi) is 4.12. The molecule has 0 aliphatic rings. The molecule has 23 heavy (non-hydrogen) atoms. The van der Waals surface area contributed by atoms with Crippen molar-refractivity contribution < 1.29 is 4.92 Å². The highest BCUT2D eigenvalue weighted by atomic mass is 32.2. The van der Waals surface area contributed by atoms with E-state index in [2.05, 4.69) is 4.98 Å². The highest BCUT2D eigenvalue weighted by molar-refractivity contribution is 7.98. The zero-order valence-electron chi connectivity index (χ0n) is 12.3. The number of thioether (sulfide) groups is 1. The smallest absolute Gasteiger partial charge is 0.269 e. The molecule has 2 heterocycles. The van der Waals surface area contributed by atoms with Crippen molar-refractivity contribution in [3.8, 4) is 0 Å². The predicted octanol–water partition coefficient (Wildman–Crippen LogP) is 3.20. The molecule has 6 nitrogen and oxygen atoms in total. The van der Waals surface area contributed by atoms with E-state index in [1.165, 1.54) is 22.2 Å². The van der Waals surface area contributed by atoms with Crippen molar-refractivity contribution in [1.82, 2.24) is 9.38 Å². The van der Waals surface area contributed by atoms with Crippen LogP contribution >= 0.6 is 11.8 Å². The molecule has 116 valence electrons. The second kappa shape index (κ2) is 6.21. The summed E-state index contributed by atoms with van der Waals surface area (Å²) in [5.74, 6) is 0.393. The van der Waals surface area contributed by atoms with Crippen LogP contribution in [0.1, 0.15) is 11.3 Å². The lowest BCUT2D eigenvalue weighted by Gasteiger charge is -2.05. The summed E-state index contributed by atoms with van der Waals surface area (Å²) in [6.45, 7) is 1.81. The number of rotatable bonds is 4. The van der Waals surface area contributed by atoms with Gasteiger partial charge in [0.1, 0.15) is 5.65 Å². The van der Waals surface area contributed by atoms with Gasteiger partial charge < -0.3 is 0 Å². The van der Waals surface area contributed by atoms with Gasteiger partial charge in [0.15, 0.2) is 0 Å². The fourth-order valence-electron chi connectivity index (χ4n) is 2.22. The first kappa shape index (κ1) is 15.2. The zero-order chi connectivity index (χ0) is 16.4. The highest BCUT2D eigenvalue weighted by Crippen LogP contribution is 2.31. The van der Waals surface area contributed by atoms with Crippen molar-refractivity contribution in [1.29, 1.82) is 0 Å². The van der Waals surface area contributed by atoms with E-state index in [0.29, 0.717) is 22.0 Å². The van der Waals surface area contributed by atoms with Crippen LogP contribution in [0.3, 0.4) is 0 Å².